The highest BCUT2D eigenvalue weighted by Gasteiger charge is 2.16. The number of halogens is 1. The molecular formula is C14H19ClN2O. The van der Waals surface area contributed by atoms with Gasteiger partial charge in [0.05, 0.1) is 29.6 Å². The van der Waals surface area contributed by atoms with Crippen molar-refractivity contribution < 1.29 is 4.74 Å². The lowest BCUT2D eigenvalue weighted by Gasteiger charge is -2.17. The third kappa shape index (κ3) is 2.38. The summed E-state index contributed by atoms with van der Waals surface area (Å²) in [6.45, 7) is 7.66. The van der Waals surface area contributed by atoms with Crippen LogP contribution in [0.1, 0.15) is 31.3 Å². The van der Waals surface area contributed by atoms with Crippen molar-refractivity contribution in [3.63, 3.8) is 0 Å². The molecule has 1 aromatic carbocycles. The molecule has 0 radical (unpaired) electrons. The van der Waals surface area contributed by atoms with Gasteiger partial charge in [0.1, 0.15) is 5.82 Å². The lowest BCUT2D eigenvalue weighted by molar-refractivity contribution is 0.119. The number of hydrogen-bond donors (Lipinski definition) is 0. The van der Waals surface area contributed by atoms with Crippen LogP contribution in [0.5, 0.6) is 0 Å². The number of ether oxygens (including phenoxy) is 1. The molecule has 2 rings (SSSR count). The first-order chi connectivity index (χ1) is 8.69. The monoisotopic (exact) mass is 266 g/mol. The lowest BCUT2D eigenvalue weighted by atomic mass is 10.2. The number of aryl methyl sites for hydroxylation is 1. The van der Waals surface area contributed by atoms with E-state index in [1.165, 1.54) is 11.1 Å². The normalized spacial score (nSPS) is 13.1. The zero-order chi connectivity index (χ0) is 13.1. The molecule has 0 aliphatic carbocycles. The van der Waals surface area contributed by atoms with E-state index in [1.54, 1.807) is 0 Å². The molecule has 0 saturated heterocycles. The van der Waals surface area contributed by atoms with Gasteiger partial charge < -0.3 is 9.30 Å². The van der Waals surface area contributed by atoms with E-state index < -0.39 is 0 Å². The molecule has 2 aromatic rings. The van der Waals surface area contributed by atoms with Crippen LogP contribution in [-0.2, 0) is 10.6 Å². The lowest BCUT2D eigenvalue weighted by Crippen LogP contribution is -2.15. The Balaban J connectivity index is 2.52. The maximum absolute atomic E-state index is 6.01. The van der Waals surface area contributed by atoms with Crippen molar-refractivity contribution in [2.24, 2.45) is 0 Å². The summed E-state index contributed by atoms with van der Waals surface area (Å²) in [6, 6.07) is 6.40. The van der Waals surface area contributed by atoms with Crippen LogP contribution in [0.4, 0.5) is 0 Å². The fourth-order valence-electron chi connectivity index (χ4n) is 2.30. The molecule has 3 nitrogen and oxygen atoms in total. The number of fused-ring (bicyclic) bond motifs is 1. The smallest absolute Gasteiger partial charge is 0.125 e. The second-order valence-corrected chi connectivity index (χ2v) is 4.75. The Labute approximate surface area is 113 Å². The minimum Gasteiger partial charge on any atom is -0.380 e. The minimum absolute atomic E-state index is 0.241. The average molecular weight is 267 g/mol. The van der Waals surface area contributed by atoms with E-state index in [4.69, 9.17) is 16.3 Å². The summed E-state index contributed by atoms with van der Waals surface area (Å²) >= 11 is 6.01. The first-order valence-corrected chi connectivity index (χ1v) is 6.82. The highest BCUT2D eigenvalue weighted by molar-refractivity contribution is 6.16. The fraction of sp³-hybridized carbons (Fsp3) is 0.500. The standard InChI is InChI=1S/C14H19ClN2O/c1-4-18-9-11(3)17-13(8-15)16-12-7-5-6-10(2)14(12)17/h5-7,11H,4,8-9H2,1-3H3. The quantitative estimate of drug-likeness (QED) is 0.772. The van der Waals surface area contributed by atoms with Crippen molar-refractivity contribution in [2.45, 2.75) is 32.7 Å². The summed E-state index contributed by atoms with van der Waals surface area (Å²) in [5.74, 6) is 1.33. The van der Waals surface area contributed by atoms with E-state index in [2.05, 4.69) is 29.5 Å². The molecule has 0 aliphatic rings. The SMILES string of the molecule is CCOCC(C)n1c(CCl)nc2cccc(C)c21. The third-order valence-corrected chi connectivity index (χ3v) is 3.35. The minimum atomic E-state index is 0.241. The first kappa shape index (κ1) is 13.4. The molecule has 0 N–H and O–H groups in total. The maximum Gasteiger partial charge on any atom is 0.125 e. The van der Waals surface area contributed by atoms with Crippen LogP contribution >= 0.6 is 11.6 Å². The molecule has 0 saturated carbocycles. The van der Waals surface area contributed by atoms with E-state index in [-0.39, 0.29) is 6.04 Å². The molecule has 1 atom stereocenters. The van der Waals surface area contributed by atoms with Crippen LogP contribution < -0.4 is 0 Å². The highest BCUT2D eigenvalue weighted by atomic mass is 35.5. The topological polar surface area (TPSA) is 27.1 Å². The van der Waals surface area contributed by atoms with Crippen molar-refractivity contribution in [3.8, 4) is 0 Å². The molecule has 4 heteroatoms. The number of benzene rings is 1. The van der Waals surface area contributed by atoms with Gasteiger partial charge in [0.25, 0.3) is 0 Å². The number of imidazole rings is 1. The van der Waals surface area contributed by atoms with Gasteiger partial charge in [0.2, 0.25) is 0 Å². The first-order valence-electron chi connectivity index (χ1n) is 6.29. The predicted molar refractivity (Wildman–Crippen MR) is 75.2 cm³/mol. The molecule has 0 bridgehead atoms. The van der Waals surface area contributed by atoms with Crippen LogP contribution in [0, 0.1) is 6.92 Å². The molecular weight excluding hydrogens is 248 g/mol. The van der Waals surface area contributed by atoms with E-state index >= 15 is 0 Å². The summed E-state index contributed by atoms with van der Waals surface area (Å²) in [5, 5.41) is 0. The zero-order valence-corrected chi connectivity index (χ0v) is 11.9. The second-order valence-electron chi connectivity index (χ2n) is 4.48. The van der Waals surface area contributed by atoms with Gasteiger partial charge in [-0.05, 0) is 32.4 Å². The van der Waals surface area contributed by atoms with Crippen LogP contribution in [-0.4, -0.2) is 22.8 Å². The van der Waals surface area contributed by atoms with Crippen LogP contribution in [0.2, 0.25) is 0 Å². The fourth-order valence-corrected chi connectivity index (χ4v) is 2.49. The predicted octanol–water partition coefficient (Wildman–Crippen LogP) is 3.68. The Morgan fingerprint density at radius 2 is 2.22 bits per heavy atom. The third-order valence-electron chi connectivity index (χ3n) is 3.11. The van der Waals surface area contributed by atoms with Crippen molar-refractivity contribution in [3.05, 3.63) is 29.6 Å². The Morgan fingerprint density at radius 3 is 2.89 bits per heavy atom. The summed E-state index contributed by atoms with van der Waals surface area (Å²) in [5.41, 5.74) is 3.40. The zero-order valence-electron chi connectivity index (χ0n) is 11.1. The summed E-state index contributed by atoms with van der Waals surface area (Å²) in [7, 11) is 0. The molecule has 1 aromatic heterocycles. The molecule has 1 heterocycles. The highest BCUT2D eigenvalue weighted by Crippen LogP contribution is 2.25. The van der Waals surface area contributed by atoms with Crippen molar-refractivity contribution in [1.82, 2.24) is 9.55 Å². The molecule has 1 unspecified atom stereocenters. The summed E-state index contributed by atoms with van der Waals surface area (Å²) in [6.07, 6.45) is 0. The van der Waals surface area contributed by atoms with Gasteiger partial charge in [-0.3, -0.25) is 0 Å². The maximum atomic E-state index is 6.01. The van der Waals surface area contributed by atoms with E-state index in [9.17, 15) is 0 Å². The summed E-state index contributed by atoms with van der Waals surface area (Å²) in [4.78, 5) is 4.60. The number of para-hydroxylation sites is 1. The van der Waals surface area contributed by atoms with Crippen molar-refractivity contribution in [2.75, 3.05) is 13.2 Å². The van der Waals surface area contributed by atoms with Gasteiger partial charge in [-0.25, -0.2) is 4.98 Å². The van der Waals surface area contributed by atoms with Crippen molar-refractivity contribution in [1.29, 1.82) is 0 Å². The van der Waals surface area contributed by atoms with Gasteiger partial charge >= 0.3 is 0 Å². The largest absolute Gasteiger partial charge is 0.380 e. The Hall–Kier alpha value is -1.06. The van der Waals surface area contributed by atoms with Crippen molar-refractivity contribution >= 4 is 22.6 Å². The number of aromatic nitrogens is 2. The molecule has 0 fully saturated rings. The average Bonchev–Trinajstić information content (AvgIpc) is 2.76. The number of nitrogens with zero attached hydrogens (tertiary/aromatic N) is 2. The van der Waals surface area contributed by atoms with Crippen LogP contribution in [0.15, 0.2) is 18.2 Å². The van der Waals surface area contributed by atoms with E-state index in [1.807, 2.05) is 19.1 Å². The van der Waals surface area contributed by atoms with Crippen LogP contribution in [0.3, 0.4) is 0 Å². The van der Waals surface area contributed by atoms with Gasteiger partial charge in [-0.15, -0.1) is 11.6 Å². The molecule has 98 valence electrons. The Kier molecular flexibility index (Phi) is 4.25. The molecule has 18 heavy (non-hydrogen) atoms. The van der Waals surface area contributed by atoms with Gasteiger partial charge in [-0.1, -0.05) is 12.1 Å². The Morgan fingerprint density at radius 1 is 1.44 bits per heavy atom. The second kappa shape index (κ2) is 5.72. The Bertz CT molecular complexity index is 536. The van der Waals surface area contributed by atoms with Crippen LogP contribution in [0.25, 0.3) is 11.0 Å². The number of hydrogen-bond acceptors (Lipinski definition) is 2. The summed E-state index contributed by atoms with van der Waals surface area (Å²) < 4.78 is 7.72. The molecule has 0 spiro atoms. The van der Waals surface area contributed by atoms with Gasteiger partial charge in [0.15, 0.2) is 0 Å². The molecule has 0 aliphatic heterocycles. The number of alkyl halides is 1. The van der Waals surface area contributed by atoms with Gasteiger partial charge in [0, 0.05) is 6.61 Å². The van der Waals surface area contributed by atoms with E-state index in [0.29, 0.717) is 12.5 Å². The number of rotatable bonds is 5. The molecule has 0 amide bonds. The van der Waals surface area contributed by atoms with Gasteiger partial charge in [-0.2, -0.15) is 0 Å². The van der Waals surface area contributed by atoms with E-state index in [0.717, 1.165) is 17.9 Å².